The molecule has 0 aliphatic rings. The number of rotatable bonds is 3. The Morgan fingerprint density at radius 1 is 1.35 bits per heavy atom. The van der Waals surface area contributed by atoms with Gasteiger partial charge in [0.15, 0.2) is 0 Å². The highest BCUT2D eigenvalue weighted by Crippen LogP contribution is 2.26. The van der Waals surface area contributed by atoms with Gasteiger partial charge in [-0.2, -0.15) is 0 Å². The Balaban J connectivity index is 2.37. The largest absolute Gasteiger partial charge is 0.465 e. The van der Waals surface area contributed by atoms with Gasteiger partial charge in [0.25, 0.3) is 0 Å². The van der Waals surface area contributed by atoms with Crippen molar-refractivity contribution in [2.45, 2.75) is 6.92 Å². The fourth-order valence-electron chi connectivity index (χ4n) is 1.55. The van der Waals surface area contributed by atoms with Crippen LogP contribution < -0.4 is 10.5 Å². The first kappa shape index (κ1) is 13.8. The van der Waals surface area contributed by atoms with Gasteiger partial charge >= 0.3 is 5.97 Å². The smallest absolute Gasteiger partial charge is 0.343 e. The van der Waals surface area contributed by atoms with E-state index in [9.17, 15) is 9.18 Å². The molecule has 2 N–H and O–H groups in total. The zero-order valence-corrected chi connectivity index (χ0v) is 11.0. The van der Waals surface area contributed by atoms with Gasteiger partial charge in [-0.1, -0.05) is 6.07 Å². The molecule has 5 nitrogen and oxygen atoms in total. The number of esters is 1. The van der Waals surface area contributed by atoms with Gasteiger partial charge < -0.3 is 15.2 Å². The molecule has 0 radical (unpaired) electrons. The molecule has 0 aliphatic carbocycles. The highest BCUT2D eigenvalue weighted by Gasteiger charge is 2.16. The Kier molecular flexibility index (Phi) is 3.84. The summed E-state index contributed by atoms with van der Waals surface area (Å²) in [5.41, 5.74) is 6.44. The lowest BCUT2D eigenvalue weighted by molar-refractivity contribution is 0.0597. The van der Waals surface area contributed by atoms with E-state index in [1.54, 1.807) is 19.1 Å². The van der Waals surface area contributed by atoms with Gasteiger partial charge in [0.2, 0.25) is 5.88 Å². The molecule has 2 rings (SSSR count). The van der Waals surface area contributed by atoms with Crippen LogP contribution in [0.15, 0.2) is 30.5 Å². The molecule has 6 heteroatoms. The lowest BCUT2D eigenvalue weighted by Gasteiger charge is -2.10. The number of aryl methyl sites for hydroxylation is 1. The maximum atomic E-state index is 13.5. The summed E-state index contributed by atoms with van der Waals surface area (Å²) < 4.78 is 23.5. The second-order valence-electron chi connectivity index (χ2n) is 4.13. The fraction of sp³-hybridized carbons (Fsp3) is 0.143. The summed E-state index contributed by atoms with van der Waals surface area (Å²) in [5.74, 6) is -0.797. The van der Waals surface area contributed by atoms with E-state index >= 15 is 0 Å². The molecule has 0 aliphatic heterocycles. The van der Waals surface area contributed by atoms with Gasteiger partial charge in [0.1, 0.15) is 17.1 Å². The number of methoxy groups -OCH3 is 1. The fourth-order valence-corrected chi connectivity index (χ4v) is 1.55. The molecular weight excluding hydrogens is 263 g/mol. The number of ether oxygens (including phenoxy) is 2. The third-order valence-electron chi connectivity index (χ3n) is 2.64. The first-order valence-electron chi connectivity index (χ1n) is 5.79. The molecule has 0 saturated carbocycles. The molecule has 0 amide bonds. The van der Waals surface area contributed by atoms with Crippen LogP contribution in [0.5, 0.6) is 11.6 Å². The predicted molar refractivity (Wildman–Crippen MR) is 71.2 cm³/mol. The molecule has 0 saturated heterocycles. The topological polar surface area (TPSA) is 74.4 Å². The summed E-state index contributed by atoms with van der Waals surface area (Å²) in [5, 5.41) is 0. The Bertz CT molecular complexity index is 659. The van der Waals surface area contributed by atoms with Crippen LogP contribution in [0.2, 0.25) is 0 Å². The number of nitrogens with zero attached hydrogens (tertiary/aromatic N) is 1. The van der Waals surface area contributed by atoms with Gasteiger partial charge in [0.05, 0.1) is 19.0 Å². The van der Waals surface area contributed by atoms with Crippen LogP contribution in [0, 0.1) is 12.7 Å². The van der Waals surface area contributed by atoms with Crippen LogP contribution in [-0.2, 0) is 4.74 Å². The molecule has 104 valence electrons. The van der Waals surface area contributed by atoms with E-state index in [2.05, 4.69) is 9.72 Å². The Hall–Kier alpha value is -2.63. The number of nitrogen functional groups attached to an aromatic ring is 1. The zero-order valence-electron chi connectivity index (χ0n) is 11.0. The van der Waals surface area contributed by atoms with Crippen molar-refractivity contribution >= 4 is 11.7 Å². The molecule has 0 fully saturated rings. The number of nitrogens with two attached hydrogens (primary N) is 1. The van der Waals surface area contributed by atoms with Gasteiger partial charge in [-0.3, -0.25) is 0 Å². The summed E-state index contributed by atoms with van der Waals surface area (Å²) in [4.78, 5) is 15.6. The monoisotopic (exact) mass is 276 g/mol. The maximum absolute atomic E-state index is 13.5. The van der Waals surface area contributed by atoms with Crippen molar-refractivity contribution in [3.05, 3.63) is 47.4 Å². The standard InChI is InChI=1S/C14H13FN2O3/c1-8-3-4-10(6-12(8)15)20-13-11(14(18)19-2)5-9(16)7-17-13/h3-7H,16H2,1-2H3. The van der Waals surface area contributed by atoms with E-state index in [-0.39, 0.29) is 17.2 Å². The van der Waals surface area contributed by atoms with E-state index in [0.717, 1.165) is 0 Å². The first-order chi connectivity index (χ1) is 9.51. The third kappa shape index (κ3) is 2.85. The van der Waals surface area contributed by atoms with Crippen LogP contribution in [0.1, 0.15) is 15.9 Å². The number of hydrogen-bond acceptors (Lipinski definition) is 5. The van der Waals surface area contributed by atoms with Gasteiger partial charge in [-0.25, -0.2) is 14.2 Å². The third-order valence-corrected chi connectivity index (χ3v) is 2.64. The summed E-state index contributed by atoms with van der Waals surface area (Å²) >= 11 is 0. The van der Waals surface area contributed by atoms with Crippen LogP contribution in [0.3, 0.4) is 0 Å². The molecular formula is C14H13FN2O3. The average molecular weight is 276 g/mol. The molecule has 2 aromatic rings. The second-order valence-corrected chi connectivity index (χ2v) is 4.13. The maximum Gasteiger partial charge on any atom is 0.343 e. The summed E-state index contributed by atoms with van der Waals surface area (Å²) in [7, 11) is 1.24. The van der Waals surface area contributed by atoms with Gasteiger partial charge in [-0.05, 0) is 24.6 Å². The lowest BCUT2D eigenvalue weighted by Crippen LogP contribution is -2.06. The van der Waals surface area contributed by atoms with Crippen LogP contribution in [0.25, 0.3) is 0 Å². The highest BCUT2D eigenvalue weighted by atomic mass is 19.1. The second kappa shape index (κ2) is 5.56. The van der Waals surface area contributed by atoms with Crippen molar-refractivity contribution in [1.82, 2.24) is 4.98 Å². The summed E-state index contributed by atoms with van der Waals surface area (Å²) in [6.07, 6.45) is 1.34. The minimum absolute atomic E-state index is 0.00861. The zero-order chi connectivity index (χ0) is 14.7. The average Bonchev–Trinajstić information content (AvgIpc) is 2.44. The molecule has 20 heavy (non-hydrogen) atoms. The number of pyridine rings is 1. The van der Waals surface area contributed by atoms with E-state index in [1.165, 1.54) is 25.4 Å². The van der Waals surface area contributed by atoms with Crippen molar-refractivity contribution < 1.29 is 18.7 Å². The molecule has 0 spiro atoms. The number of carbonyl (C=O) groups excluding carboxylic acids is 1. The molecule has 0 atom stereocenters. The van der Waals surface area contributed by atoms with Crippen molar-refractivity contribution in [1.29, 1.82) is 0 Å². The molecule has 1 aromatic heterocycles. The number of benzene rings is 1. The summed E-state index contributed by atoms with van der Waals surface area (Å²) in [6.45, 7) is 1.64. The van der Waals surface area contributed by atoms with Crippen molar-refractivity contribution in [3.63, 3.8) is 0 Å². The number of halogens is 1. The SMILES string of the molecule is COC(=O)c1cc(N)cnc1Oc1ccc(C)c(F)c1. The van der Waals surface area contributed by atoms with E-state index in [0.29, 0.717) is 11.3 Å². The Morgan fingerprint density at radius 3 is 2.75 bits per heavy atom. The number of carbonyl (C=O) groups is 1. The van der Waals surface area contributed by atoms with Crippen molar-refractivity contribution in [2.24, 2.45) is 0 Å². The molecule has 1 heterocycles. The van der Waals surface area contributed by atoms with Gasteiger partial charge in [0, 0.05) is 6.07 Å². The normalized spacial score (nSPS) is 10.2. The molecule has 1 aromatic carbocycles. The Morgan fingerprint density at radius 2 is 2.10 bits per heavy atom. The van der Waals surface area contributed by atoms with Crippen LogP contribution in [-0.4, -0.2) is 18.1 Å². The van der Waals surface area contributed by atoms with E-state index in [4.69, 9.17) is 10.5 Å². The van der Waals surface area contributed by atoms with E-state index in [1.807, 2.05) is 0 Å². The summed E-state index contributed by atoms with van der Waals surface area (Å²) in [6, 6.07) is 5.75. The van der Waals surface area contributed by atoms with Crippen LogP contribution >= 0.6 is 0 Å². The predicted octanol–water partition coefficient (Wildman–Crippen LogP) is 2.69. The number of anilines is 1. The minimum Gasteiger partial charge on any atom is -0.465 e. The lowest BCUT2D eigenvalue weighted by atomic mass is 10.2. The molecule has 0 unspecified atom stereocenters. The van der Waals surface area contributed by atoms with Gasteiger partial charge in [-0.15, -0.1) is 0 Å². The first-order valence-corrected chi connectivity index (χ1v) is 5.79. The van der Waals surface area contributed by atoms with Crippen LogP contribution in [0.4, 0.5) is 10.1 Å². The van der Waals surface area contributed by atoms with Crippen molar-refractivity contribution in [2.75, 3.05) is 12.8 Å². The van der Waals surface area contributed by atoms with E-state index < -0.39 is 11.8 Å². The highest BCUT2D eigenvalue weighted by molar-refractivity contribution is 5.92. The number of aromatic nitrogens is 1. The van der Waals surface area contributed by atoms with Crippen molar-refractivity contribution in [3.8, 4) is 11.6 Å². The minimum atomic E-state index is -0.632. The Labute approximate surface area is 115 Å². The quantitative estimate of drug-likeness (QED) is 0.872. The molecule has 0 bridgehead atoms. The number of hydrogen-bond donors (Lipinski definition) is 1.